The van der Waals surface area contributed by atoms with Gasteiger partial charge in [0.1, 0.15) is 0 Å². The zero-order chi connectivity index (χ0) is 9.52. The second-order valence-corrected chi connectivity index (χ2v) is 4.43. The minimum absolute atomic E-state index is 0.0110. The van der Waals surface area contributed by atoms with Gasteiger partial charge in [0.05, 0.1) is 6.10 Å². The van der Waals surface area contributed by atoms with Crippen molar-refractivity contribution < 1.29 is 5.11 Å². The van der Waals surface area contributed by atoms with Gasteiger partial charge in [0.2, 0.25) is 0 Å². The number of hydrogen-bond acceptors (Lipinski definition) is 1. The molecule has 0 saturated heterocycles. The van der Waals surface area contributed by atoms with Crippen molar-refractivity contribution in [3.8, 4) is 0 Å². The molecule has 0 heterocycles. The molecule has 1 aliphatic rings. The Kier molecular flexibility index (Phi) is 5.45. The van der Waals surface area contributed by atoms with Crippen LogP contribution in [-0.4, -0.2) is 11.2 Å². The molecule has 0 radical (unpaired) electrons. The van der Waals surface area contributed by atoms with E-state index < -0.39 is 0 Å². The normalized spacial score (nSPS) is 32.8. The van der Waals surface area contributed by atoms with Gasteiger partial charge in [0, 0.05) is 0 Å². The van der Waals surface area contributed by atoms with Crippen LogP contribution in [0, 0.1) is 5.92 Å². The van der Waals surface area contributed by atoms with E-state index >= 15 is 0 Å². The summed E-state index contributed by atoms with van der Waals surface area (Å²) in [5.74, 6) is 0.582. The third kappa shape index (κ3) is 4.12. The second-order valence-electron chi connectivity index (χ2n) is 4.43. The Bertz CT molecular complexity index is 122. The fourth-order valence-electron chi connectivity index (χ4n) is 2.37. The van der Waals surface area contributed by atoms with Gasteiger partial charge in [-0.05, 0) is 18.8 Å². The maximum absolute atomic E-state index is 9.89. The SMILES string of the molecule is CC[C@H]1CCCCCCCC[C@H]1O. The molecule has 13 heavy (non-hydrogen) atoms. The molecule has 78 valence electrons. The van der Waals surface area contributed by atoms with Crippen molar-refractivity contribution in [2.75, 3.05) is 0 Å². The maximum atomic E-state index is 9.89. The van der Waals surface area contributed by atoms with Crippen LogP contribution in [0.2, 0.25) is 0 Å². The number of aliphatic hydroxyl groups excluding tert-OH is 1. The zero-order valence-electron chi connectivity index (χ0n) is 8.97. The summed E-state index contributed by atoms with van der Waals surface area (Å²) >= 11 is 0. The van der Waals surface area contributed by atoms with E-state index in [1.807, 2.05) is 0 Å². The van der Waals surface area contributed by atoms with Gasteiger partial charge in [0.25, 0.3) is 0 Å². The Hall–Kier alpha value is -0.0400. The predicted molar refractivity (Wildman–Crippen MR) is 56.7 cm³/mol. The molecule has 1 saturated carbocycles. The minimum atomic E-state index is -0.0110. The summed E-state index contributed by atoms with van der Waals surface area (Å²) in [6, 6.07) is 0. The Balaban J connectivity index is 2.32. The van der Waals surface area contributed by atoms with E-state index in [2.05, 4.69) is 6.92 Å². The molecule has 0 aromatic rings. The van der Waals surface area contributed by atoms with Crippen LogP contribution in [0.1, 0.15) is 64.7 Å². The molecule has 2 atom stereocenters. The summed E-state index contributed by atoms with van der Waals surface area (Å²) in [5.41, 5.74) is 0. The summed E-state index contributed by atoms with van der Waals surface area (Å²) in [5, 5.41) is 9.89. The highest BCUT2D eigenvalue weighted by molar-refractivity contribution is 4.69. The van der Waals surface area contributed by atoms with Crippen molar-refractivity contribution >= 4 is 0 Å². The largest absolute Gasteiger partial charge is 0.393 e. The third-order valence-electron chi connectivity index (χ3n) is 3.39. The van der Waals surface area contributed by atoms with E-state index in [0.717, 1.165) is 12.8 Å². The van der Waals surface area contributed by atoms with E-state index in [1.165, 1.54) is 44.9 Å². The van der Waals surface area contributed by atoms with Gasteiger partial charge in [-0.25, -0.2) is 0 Å². The molecule has 1 aliphatic carbocycles. The van der Waals surface area contributed by atoms with Crippen LogP contribution in [-0.2, 0) is 0 Å². The molecule has 0 aromatic carbocycles. The first kappa shape index (κ1) is 11.0. The van der Waals surface area contributed by atoms with Crippen LogP contribution in [0.4, 0.5) is 0 Å². The highest BCUT2D eigenvalue weighted by Crippen LogP contribution is 2.23. The van der Waals surface area contributed by atoms with Crippen LogP contribution in [0.25, 0.3) is 0 Å². The molecule has 1 rings (SSSR count). The van der Waals surface area contributed by atoms with Gasteiger partial charge < -0.3 is 5.11 Å². The Morgan fingerprint density at radius 3 is 2.08 bits per heavy atom. The molecule has 1 heteroatoms. The molecule has 0 amide bonds. The molecule has 0 aliphatic heterocycles. The fourth-order valence-corrected chi connectivity index (χ4v) is 2.37. The predicted octanol–water partition coefficient (Wildman–Crippen LogP) is 3.51. The molecule has 0 bridgehead atoms. The highest BCUT2D eigenvalue weighted by Gasteiger charge is 2.17. The average Bonchev–Trinajstić information content (AvgIpc) is 2.16. The highest BCUT2D eigenvalue weighted by atomic mass is 16.3. The van der Waals surface area contributed by atoms with Crippen LogP contribution in [0.3, 0.4) is 0 Å². The van der Waals surface area contributed by atoms with E-state index in [4.69, 9.17) is 0 Å². The quantitative estimate of drug-likeness (QED) is 0.661. The smallest absolute Gasteiger partial charge is 0.0568 e. The fraction of sp³-hybridized carbons (Fsp3) is 1.00. The van der Waals surface area contributed by atoms with E-state index in [9.17, 15) is 5.11 Å². The summed E-state index contributed by atoms with van der Waals surface area (Å²) in [4.78, 5) is 0. The second kappa shape index (κ2) is 6.42. The zero-order valence-corrected chi connectivity index (χ0v) is 8.97. The van der Waals surface area contributed by atoms with Crippen LogP contribution >= 0.6 is 0 Å². The Morgan fingerprint density at radius 1 is 0.923 bits per heavy atom. The number of aliphatic hydroxyl groups is 1. The lowest BCUT2D eigenvalue weighted by Crippen LogP contribution is -2.20. The lowest BCUT2D eigenvalue weighted by molar-refractivity contribution is 0.0856. The average molecular weight is 184 g/mol. The molecule has 0 unspecified atom stereocenters. The Labute approximate surface area is 82.5 Å². The van der Waals surface area contributed by atoms with Crippen molar-refractivity contribution in [3.63, 3.8) is 0 Å². The van der Waals surface area contributed by atoms with Crippen molar-refractivity contribution in [2.24, 2.45) is 5.92 Å². The van der Waals surface area contributed by atoms with Crippen molar-refractivity contribution in [2.45, 2.75) is 70.8 Å². The summed E-state index contributed by atoms with van der Waals surface area (Å²) in [7, 11) is 0. The Morgan fingerprint density at radius 2 is 1.46 bits per heavy atom. The van der Waals surface area contributed by atoms with Gasteiger partial charge in [-0.3, -0.25) is 0 Å². The van der Waals surface area contributed by atoms with Gasteiger partial charge in [0.15, 0.2) is 0 Å². The molecule has 1 fully saturated rings. The summed E-state index contributed by atoms with van der Waals surface area (Å²) in [6.45, 7) is 2.21. The molecule has 0 aromatic heterocycles. The molecule has 1 N–H and O–H groups in total. The van der Waals surface area contributed by atoms with E-state index in [-0.39, 0.29) is 6.10 Å². The number of rotatable bonds is 1. The maximum Gasteiger partial charge on any atom is 0.0568 e. The van der Waals surface area contributed by atoms with Gasteiger partial charge in [-0.1, -0.05) is 51.9 Å². The van der Waals surface area contributed by atoms with Crippen LogP contribution in [0.15, 0.2) is 0 Å². The molecule has 1 nitrogen and oxygen atoms in total. The topological polar surface area (TPSA) is 20.2 Å². The van der Waals surface area contributed by atoms with Gasteiger partial charge >= 0.3 is 0 Å². The van der Waals surface area contributed by atoms with Crippen LogP contribution < -0.4 is 0 Å². The van der Waals surface area contributed by atoms with Crippen molar-refractivity contribution in [1.29, 1.82) is 0 Å². The summed E-state index contributed by atoms with van der Waals surface area (Å²) in [6.07, 6.45) is 11.5. The molecular formula is C12H24O. The first-order valence-electron chi connectivity index (χ1n) is 6.02. The lowest BCUT2D eigenvalue weighted by atomic mass is 9.88. The lowest BCUT2D eigenvalue weighted by Gasteiger charge is -2.22. The standard InChI is InChI=1S/C12H24O/c1-2-11-9-7-5-3-4-6-8-10-12(11)13/h11-13H,2-10H2,1H3/t11-,12+/m0/s1. The van der Waals surface area contributed by atoms with Crippen molar-refractivity contribution in [1.82, 2.24) is 0 Å². The molecular weight excluding hydrogens is 160 g/mol. The van der Waals surface area contributed by atoms with Gasteiger partial charge in [-0.2, -0.15) is 0 Å². The van der Waals surface area contributed by atoms with E-state index in [0.29, 0.717) is 5.92 Å². The monoisotopic (exact) mass is 184 g/mol. The number of hydrogen-bond donors (Lipinski definition) is 1. The first-order valence-corrected chi connectivity index (χ1v) is 6.02. The first-order chi connectivity index (χ1) is 6.34. The third-order valence-corrected chi connectivity index (χ3v) is 3.39. The van der Waals surface area contributed by atoms with Crippen molar-refractivity contribution in [3.05, 3.63) is 0 Å². The summed E-state index contributed by atoms with van der Waals surface area (Å²) < 4.78 is 0. The van der Waals surface area contributed by atoms with E-state index in [1.54, 1.807) is 0 Å². The van der Waals surface area contributed by atoms with Gasteiger partial charge in [-0.15, -0.1) is 0 Å². The molecule has 0 spiro atoms. The minimum Gasteiger partial charge on any atom is -0.393 e. The van der Waals surface area contributed by atoms with Crippen LogP contribution in [0.5, 0.6) is 0 Å².